The van der Waals surface area contributed by atoms with Crippen LogP contribution in [0.25, 0.3) is 21.3 Å². The Kier molecular flexibility index (Phi) is 9.88. The quantitative estimate of drug-likeness (QED) is 0.0920. The van der Waals surface area contributed by atoms with Crippen molar-refractivity contribution in [3.05, 3.63) is 158 Å². The van der Waals surface area contributed by atoms with Crippen molar-refractivity contribution in [1.29, 1.82) is 0 Å². The lowest BCUT2D eigenvalue weighted by atomic mass is 9.85. The number of thiophene rings is 1. The molecule has 2 aromatic heterocycles. The normalized spacial score (nSPS) is 13.1. The Morgan fingerprint density at radius 2 is 1.66 bits per heavy atom. The van der Waals surface area contributed by atoms with Gasteiger partial charge in [-0.25, -0.2) is 9.18 Å². The van der Waals surface area contributed by atoms with Crippen molar-refractivity contribution in [2.24, 2.45) is 0 Å². The lowest BCUT2D eigenvalue weighted by molar-refractivity contribution is -0.155. The monoisotopic (exact) mass is 693 g/mol. The number of halogens is 1. The molecule has 4 aromatic carbocycles. The van der Waals surface area contributed by atoms with Crippen molar-refractivity contribution in [3.8, 4) is 16.2 Å². The topological polar surface area (TPSA) is 172 Å². The molecule has 254 valence electrons. The first kappa shape index (κ1) is 34.2. The highest BCUT2D eigenvalue weighted by Gasteiger charge is 2.40. The Morgan fingerprint density at radius 3 is 2.42 bits per heavy atom. The summed E-state index contributed by atoms with van der Waals surface area (Å²) in [5.41, 5.74) is -0.356. The Labute approximate surface area is 289 Å². The second-order valence-corrected chi connectivity index (χ2v) is 12.8. The molecule has 0 fully saturated rings. The number of amides is 1. The number of benzene rings is 4. The molecule has 0 saturated heterocycles. The molecule has 0 spiro atoms. The Hall–Kier alpha value is -5.66. The molecule has 2 heterocycles. The number of aliphatic hydroxyl groups excluding tert-OH is 1. The lowest BCUT2D eigenvalue weighted by Crippen LogP contribution is -2.36. The molecule has 2 unspecified atom stereocenters. The van der Waals surface area contributed by atoms with Crippen LogP contribution in [0.5, 0.6) is 5.75 Å². The molecule has 2 atom stereocenters. The number of nitrogens with one attached hydrogen (secondary N) is 3. The minimum absolute atomic E-state index is 0.0568. The molecular weight excluding hydrogens is 661 g/mol. The van der Waals surface area contributed by atoms with Crippen LogP contribution in [0, 0.1) is 5.82 Å². The number of aromatic amines is 1. The van der Waals surface area contributed by atoms with Crippen molar-refractivity contribution in [2.75, 3.05) is 6.54 Å². The van der Waals surface area contributed by atoms with Gasteiger partial charge in [-0.2, -0.15) is 0 Å². The number of aromatic hydroxyl groups is 1. The molecule has 0 saturated carbocycles. The van der Waals surface area contributed by atoms with Gasteiger partial charge < -0.3 is 36.0 Å². The van der Waals surface area contributed by atoms with Crippen molar-refractivity contribution in [3.63, 3.8) is 0 Å². The SMILES string of the molecule is O=C(NCc1ccc(-c2cccc(C(O)(C(=O)O)c3ccccc3)c2)s1)c1ccc(CNCC(O)c2ccc(O)c3[nH]c(=O)ccc23)c(F)c1. The number of phenols is 1. The largest absolute Gasteiger partial charge is 0.506 e. The van der Waals surface area contributed by atoms with E-state index in [4.69, 9.17) is 0 Å². The number of rotatable bonds is 12. The molecule has 50 heavy (non-hydrogen) atoms. The number of carboxylic acid groups (broad SMARTS) is 1. The highest BCUT2D eigenvalue weighted by atomic mass is 32.1. The van der Waals surface area contributed by atoms with E-state index < -0.39 is 29.4 Å². The van der Waals surface area contributed by atoms with Crippen molar-refractivity contribution in [2.45, 2.75) is 24.8 Å². The van der Waals surface area contributed by atoms with Crippen LogP contribution in [0.15, 0.2) is 114 Å². The Balaban J connectivity index is 1.06. The number of carbonyl (C=O) groups is 2. The molecule has 6 aromatic rings. The van der Waals surface area contributed by atoms with Crippen LogP contribution in [0.2, 0.25) is 0 Å². The fraction of sp³-hybridized carbons (Fsp3) is 0.132. The second kappa shape index (κ2) is 14.4. The minimum Gasteiger partial charge on any atom is -0.506 e. The standard InChI is InChI=1S/C38H32FN3O7S/c39-30-18-23(9-10-24(30)19-40-21-32(44)28-12-14-31(43)35-29(28)13-16-34(45)42-35)36(46)41-20-27-11-15-33(50-27)22-5-4-8-26(17-22)38(49,37(47)48)25-6-2-1-3-7-25/h1-18,32,40,43-44,49H,19-21H2,(H,41,46)(H,42,45)(H,47,48). The van der Waals surface area contributed by atoms with E-state index in [-0.39, 0.29) is 53.2 Å². The Bertz CT molecular complexity index is 2260. The molecule has 10 nitrogen and oxygen atoms in total. The van der Waals surface area contributed by atoms with Gasteiger partial charge in [0.15, 0.2) is 0 Å². The minimum atomic E-state index is -2.24. The van der Waals surface area contributed by atoms with Crippen LogP contribution in [0.4, 0.5) is 4.39 Å². The van der Waals surface area contributed by atoms with Crippen molar-refractivity contribution < 1.29 is 34.4 Å². The van der Waals surface area contributed by atoms with Crippen LogP contribution < -0.4 is 16.2 Å². The maximum atomic E-state index is 15.0. The van der Waals surface area contributed by atoms with Crippen molar-refractivity contribution in [1.82, 2.24) is 15.6 Å². The number of carboxylic acids is 1. The first-order chi connectivity index (χ1) is 24.0. The van der Waals surface area contributed by atoms with Crippen LogP contribution in [-0.4, -0.2) is 43.8 Å². The molecule has 12 heteroatoms. The number of aliphatic hydroxyl groups is 2. The summed E-state index contributed by atoms with van der Waals surface area (Å²) in [6.45, 7) is 0.308. The number of hydrogen-bond acceptors (Lipinski definition) is 8. The second-order valence-electron chi connectivity index (χ2n) is 11.6. The van der Waals surface area contributed by atoms with Gasteiger partial charge in [0.2, 0.25) is 11.2 Å². The molecule has 0 aliphatic rings. The van der Waals surface area contributed by atoms with Crippen LogP contribution in [0.3, 0.4) is 0 Å². The van der Waals surface area contributed by atoms with Gasteiger partial charge in [0.1, 0.15) is 11.6 Å². The van der Waals surface area contributed by atoms with Crippen LogP contribution in [0.1, 0.15) is 43.6 Å². The number of H-pyrrole nitrogens is 1. The number of hydrogen-bond donors (Lipinski definition) is 7. The predicted octanol–water partition coefficient (Wildman–Crippen LogP) is 5.18. The van der Waals surface area contributed by atoms with Gasteiger partial charge in [-0.3, -0.25) is 9.59 Å². The predicted molar refractivity (Wildman–Crippen MR) is 187 cm³/mol. The van der Waals surface area contributed by atoms with Gasteiger partial charge >= 0.3 is 5.97 Å². The highest BCUT2D eigenvalue weighted by Crippen LogP contribution is 2.35. The van der Waals surface area contributed by atoms with Crippen LogP contribution in [-0.2, 0) is 23.5 Å². The first-order valence-corrected chi connectivity index (χ1v) is 16.4. The third-order valence-corrected chi connectivity index (χ3v) is 9.52. The number of phenolic OH excluding ortho intramolecular Hbond substituents is 1. The van der Waals surface area contributed by atoms with Gasteiger partial charge in [-0.1, -0.05) is 60.7 Å². The molecule has 0 radical (unpaired) electrons. The zero-order chi connectivity index (χ0) is 35.4. The average Bonchev–Trinajstić information content (AvgIpc) is 3.61. The third-order valence-electron chi connectivity index (χ3n) is 8.38. The van der Waals surface area contributed by atoms with Gasteiger partial charge in [-0.05, 0) is 59.2 Å². The summed E-state index contributed by atoms with van der Waals surface area (Å²) in [6.07, 6.45) is -1.01. The van der Waals surface area contributed by atoms with Gasteiger partial charge in [0.05, 0.1) is 18.2 Å². The molecule has 0 bridgehead atoms. The van der Waals surface area contributed by atoms with E-state index in [1.807, 2.05) is 18.2 Å². The molecule has 7 N–H and O–H groups in total. The van der Waals surface area contributed by atoms with E-state index in [0.29, 0.717) is 22.1 Å². The van der Waals surface area contributed by atoms with E-state index in [1.165, 1.54) is 41.7 Å². The molecule has 1 amide bonds. The summed E-state index contributed by atoms with van der Waals surface area (Å²) in [7, 11) is 0. The summed E-state index contributed by atoms with van der Waals surface area (Å²) < 4.78 is 15.0. The summed E-state index contributed by atoms with van der Waals surface area (Å²) in [4.78, 5) is 40.9. The average molecular weight is 694 g/mol. The van der Waals surface area contributed by atoms with Crippen LogP contribution >= 0.6 is 11.3 Å². The number of fused-ring (bicyclic) bond motifs is 1. The Morgan fingerprint density at radius 1 is 0.880 bits per heavy atom. The first-order valence-electron chi connectivity index (χ1n) is 15.6. The molecule has 6 rings (SSSR count). The molecule has 0 aliphatic carbocycles. The number of pyridine rings is 1. The van der Waals surface area contributed by atoms with E-state index in [2.05, 4.69) is 15.6 Å². The number of aliphatic carboxylic acids is 1. The maximum absolute atomic E-state index is 15.0. The summed E-state index contributed by atoms with van der Waals surface area (Å²) in [5, 5.41) is 48.3. The zero-order valence-electron chi connectivity index (χ0n) is 26.4. The molecule has 0 aliphatic heterocycles. The van der Waals surface area contributed by atoms with Gasteiger partial charge in [-0.15, -0.1) is 11.3 Å². The zero-order valence-corrected chi connectivity index (χ0v) is 27.2. The van der Waals surface area contributed by atoms with E-state index in [1.54, 1.807) is 54.6 Å². The third kappa shape index (κ3) is 7.05. The molecular formula is C38H32FN3O7S. The van der Waals surface area contributed by atoms with Crippen molar-refractivity contribution >= 4 is 34.1 Å². The number of aromatic nitrogens is 1. The van der Waals surface area contributed by atoms with E-state index in [0.717, 1.165) is 15.8 Å². The summed E-state index contributed by atoms with van der Waals surface area (Å²) in [6, 6.07) is 28.4. The highest BCUT2D eigenvalue weighted by molar-refractivity contribution is 7.15. The fourth-order valence-electron chi connectivity index (χ4n) is 5.72. The van der Waals surface area contributed by atoms with E-state index in [9.17, 15) is 39.2 Å². The summed E-state index contributed by atoms with van der Waals surface area (Å²) in [5.74, 6) is -2.58. The summed E-state index contributed by atoms with van der Waals surface area (Å²) >= 11 is 1.39. The van der Waals surface area contributed by atoms with Gasteiger partial charge in [0, 0.05) is 51.0 Å². The smallest absolute Gasteiger partial charge is 0.345 e. The maximum Gasteiger partial charge on any atom is 0.345 e. The lowest BCUT2D eigenvalue weighted by Gasteiger charge is -2.25. The number of carbonyl (C=O) groups excluding carboxylic acids is 1. The fourth-order valence-corrected chi connectivity index (χ4v) is 6.67. The van der Waals surface area contributed by atoms with E-state index >= 15 is 0 Å². The van der Waals surface area contributed by atoms with Gasteiger partial charge in [0.25, 0.3) is 5.91 Å².